The molecule has 0 unspecified atom stereocenters. The van der Waals surface area contributed by atoms with Gasteiger partial charge >= 0.3 is 13.1 Å². The molecule has 1 aliphatic rings. The third-order valence-corrected chi connectivity index (χ3v) is 4.49. The number of esters is 1. The van der Waals surface area contributed by atoms with E-state index in [1.165, 1.54) is 12.0 Å². The number of hydrogen-bond acceptors (Lipinski definition) is 8. The quantitative estimate of drug-likeness (QED) is 0.348. The Morgan fingerprint density at radius 1 is 1.10 bits per heavy atom. The first kappa shape index (κ1) is 21.4. The summed E-state index contributed by atoms with van der Waals surface area (Å²) in [5, 5.41) is 30.3. The lowest BCUT2D eigenvalue weighted by Crippen LogP contribution is -2.31. The Bertz CT molecular complexity index is 943. The average molecular weight is 412 g/mol. The minimum absolute atomic E-state index is 0.0636. The molecule has 0 saturated heterocycles. The van der Waals surface area contributed by atoms with E-state index in [1.807, 2.05) is 0 Å². The van der Waals surface area contributed by atoms with Crippen molar-refractivity contribution in [2.75, 3.05) is 32.1 Å². The van der Waals surface area contributed by atoms with Crippen LogP contribution in [0, 0.1) is 0 Å². The van der Waals surface area contributed by atoms with E-state index in [4.69, 9.17) is 24.6 Å². The molecule has 0 aliphatic carbocycles. The SMILES string of the molecule is COC(=O)C1=C(Nc2ccc(Oc3ccc(B(O)O)cc3)cc2)C(=O)N(CCO)C1. The van der Waals surface area contributed by atoms with Crippen molar-refractivity contribution in [3.05, 3.63) is 59.8 Å². The number of nitrogens with one attached hydrogen (secondary N) is 1. The lowest BCUT2D eigenvalue weighted by Gasteiger charge is -2.15. The fraction of sp³-hybridized carbons (Fsp3) is 0.200. The first-order valence-electron chi connectivity index (χ1n) is 9.15. The van der Waals surface area contributed by atoms with Gasteiger partial charge in [0, 0.05) is 12.2 Å². The summed E-state index contributed by atoms with van der Waals surface area (Å²) in [6, 6.07) is 13.0. The van der Waals surface area contributed by atoms with Crippen LogP contribution in [0.15, 0.2) is 59.8 Å². The predicted octanol–water partition coefficient (Wildman–Crippen LogP) is -0.168. The molecule has 1 heterocycles. The zero-order valence-electron chi connectivity index (χ0n) is 16.2. The molecular formula is C20H21BN2O7. The summed E-state index contributed by atoms with van der Waals surface area (Å²) in [7, 11) is -0.299. The molecule has 0 atom stereocenters. The molecule has 156 valence electrons. The van der Waals surface area contributed by atoms with Crippen LogP contribution in [0.5, 0.6) is 11.5 Å². The molecule has 0 saturated carbocycles. The Morgan fingerprint density at radius 2 is 1.70 bits per heavy atom. The van der Waals surface area contributed by atoms with Crippen molar-refractivity contribution in [1.82, 2.24) is 4.90 Å². The smallest absolute Gasteiger partial charge is 0.466 e. The van der Waals surface area contributed by atoms with E-state index < -0.39 is 19.0 Å². The van der Waals surface area contributed by atoms with Gasteiger partial charge in [-0.2, -0.15) is 0 Å². The number of nitrogens with zero attached hydrogens (tertiary/aromatic N) is 1. The molecule has 30 heavy (non-hydrogen) atoms. The Balaban J connectivity index is 1.72. The highest BCUT2D eigenvalue weighted by molar-refractivity contribution is 6.58. The van der Waals surface area contributed by atoms with E-state index in [9.17, 15) is 9.59 Å². The molecule has 9 nitrogen and oxygen atoms in total. The normalized spacial score (nSPS) is 13.5. The van der Waals surface area contributed by atoms with Gasteiger partial charge in [0.05, 0.1) is 25.8 Å². The maximum absolute atomic E-state index is 12.5. The zero-order chi connectivity index (χ0) is 21.7. The number of anilines is 1. The summed E-state index contributed by atoms with van der Waals surface area (Å²) in [6.45, 7) is -0.0325. The highest BCUT2D eigenvalue weighted by Crippen LogP contribution is 2.26. The summed E-state index contributed by atoms with van der Waals surface area (Å²) in [5.74, 6) is 0.0414. The van der Waals surface area contributed by atoms with Gasteiger partial charge in [-0.15, -0.1) is 0 Å². The minimum atomic E-state index is -1.54. The Kier molecular flexibility index (Phi) is 6.73. The molecule has 2 aromatic carbocycles. The van der Waals surface area contributed by atoms with Crippen molar-refractivity contribution < 1.29 is 34.2 Å². The predicted molar refractivity (Wildman–Crippen MR) is 109 cm³/mol. The van der Waals surface area contributed by atoms with Crippen LogP contribution in [-0.4, -0.2) is 65.9 Å². The number of methoxy groups -OCH3 is 1. The van der Waals surface area contributed by atoms with Crippen LogP contribution in [0.4, 0.5) is 5.69 Å². The summed E-state index contributed by atoms with van der Waals surface area (Å²) in [4.78, 5) is 25.9. The second-order valence-corrected chi connectivity index (χ2v) is 6.49. The number of aliphatic hydroxyl groups is 1. The number of amides is 1. The van der Waals surface area contributed by atoms with Gasteiger partial charge in [0.2, 0.25) is 0 Å². The van der Waals surface area contributed by atoms with Gasteiger partial charge in [0.25, 0.3) is 5.91 Å². The van der Waals surface area contributed by atoms with E-state index >= 15 is 0 Å². The van der Waals surface area contributed by atoms with Gasteiger partial charge in [-0.05, 0) is 41.9 Å². The van der Waals surface area contributed by atoms with Crippen LogP contribution in [-0.2, 0) is 14.3 Å². The Morgan fingerprint density at radius 3 is 2.23 bits per heavy atom. The number of carbonyl (C=O) groups is 2. The lowest BCUT2D eigenvalue weighted by atomic mass is 9.80. The number of β-amino-alcohol motifs (C(OH)–C–C–N with tert-alkyl or cyclic N) is 1. The number of benzene rings is 2. The van der Waals surface area contributed by atoms with Gasteiger partial charge in [-0.1, -0.05) is 12.1 Å². The van der Waals surface area contributed by atoms with Crippen LogP contribution in [0.25, 0.3) is 0 Å². The molecule has 2 aromatic rings. The Labute approximate surface area is 173 Å². The maximum atomic E-state index is 12.5. The summed E-state index contributed by atoms with van der Waals surface area (Å²) in [6.07, 6.45) is 0. The van der Waals surface area contributed by atoms with Crippen molar-refractivity contribution in [3.63, 3.8) is 0 Å². The third kappa shape index (κ3) is 4.80. The van der Waals surface area contributed by atoms with E-state index in [2.05, 4.69) is 5.32 Å². The second kappa shape index (κ2) is 9.44. The fourth-order valence-electron chi connectivity index (χ4n) is 2.94. The molecule has 0 fully saturated rings. The van der Waals surface area contributed by atoms with Crippen molar-refractivity contribution in [3.8, 4) is 11.5 Å². The Hall–Kier alpha value is -3.34. The number of carbonyl (C=O) groups excluding carboxylic acids is 2. The maximum Gasteiger partial charge on any atom is 0.488 e. The topological polar surface area (TPSA) is 129 Å². The molecule has 0 aromatic heterocycles. The van der Waals surface area contributed by atoms with Gasteiger partial charge < -0.3 is 34.8 Å². The van der Waals surface area contributed by atoms with Crippen LogP contribution in [0.2, 0.25) is 0 Å². The molecule has 1 aliphatic heterocycles. The van der Waals surface area contributed by atoms with Gasteiger partial charge in [0.1, 0.15) is 17.2 Å². The molecular weight excluding hydrogens is 391 g/mol. The van der Waals surface area contributed by atoms with Gasteiger partial charge in [-0.3, -0.25) is 4.79 Å². The van der Waals surface area contributed by atoms with Crippen LogP contribution >= 0.6 is 0 Å². The van der Waals surface area contributed by atoms with Crippen molar-refractivity contribution in [2.45, 2.75) is 0 Å². The summed E-state index contributed by atoms with van der Waals surface area (Å²) >= 11 is 0. The molecule has 1 amide bonds. The summed E-state index contributed by atoms with van der Waals surface area (Å²) in [5.41, 5.74) is 1.23. The highest BCUT2D eigenvalue weighted by atomic mass is 16.5. The highest BCUT2D eigenvalue weighted by Gasteiger charge is 2.34. The monoisotopic (exact) mass is 412 g/mol. The molecule has 0 spiro atoms. The lowest BCUT2D eigenvalue weighted by molar-refractivity contribution is -0.136. The van der Waals surface area contributed by atoms with Crippen LogP contribution in [0.1, 0.15) is 0 Å². The number of hydrogen-bond donors (Lipinski definition) is 4. The first-order chi connectivity index (χ1) is 14.4. The molecule has 0 bridgehead atoms. The summed E-state index contributed by atoms with van der Waals surface area (Å²) < 4.78 is 10.5. The molecule has 4 N–H and O–H groups in total. The largest absolute Gasteiger partial charge is 0.488 e. The van der Waals surface area contributed by atoms with Crippen LogP contribution in [0.3, 0.4) is 0 Å². The first-order valence-corrected chi connectivity index (χ1v) is 9.15. The number of rotatable bonds is 8. The second-order valence-electron chi connectivity index (χ2n) is 6.49. The molecule has 3 rings (SSSR count). The standard InChI is InChI=1S/C20H21BN2O7/c1-29-20(26)17-12-23(10-11-24)19(25)18(17)22-14-4-8-16(9-5-14)30-15-6-2-13(3-7-15)21(27)28/h2-9,22,24,27-28H,10-12H2,1H3. The zero-order valence-corrected chi connectivity index (χ0v) is 16.2. The van der Waals surface area contributed by atoms with Crippen molar-refractivity contribution in [1.29, 1.82) is 0 Å². The average Bonchev–Trinajstić information content (AvgIpc) is 3.05. The third-order valence-electron chi connectivity index (χ3n) is 4.49. The van der Waals surface area contributed by atoms with Gasteiger partial charge in [0.15, 0.2) is 0 Å². The number of aliphatic hydroxyl groups excluding tert-OH is 1. The molecule has 10 heteroatoms. The molecule has 0 radical (unpaired) electrons. The van der Waals surface area contributed by atoms with E-state index in [1.54, 1.807) is 48.5 Å². The van der Waals surface area contributed by atoms with Gasteiger partial charge in [-0.25, -0.2) is 4.79 Å². The van der Waals surface area contributed by atoms with Crippen molar-refractivity contribution >= 4 is 30.1 Å². The van der Waals surface area contributed by atoms with Crippen LogP contribution < -0.4 is 15.5 Å². The number of ether oxygens (including phenoxy) is 2. The fourth-order valence-corrected chi connectivity index (χ4v) is 2.94. The van der Waals surface area contributed by atoms with Crippen molar-refractivity contribution in [2.24, 2.45) is 0 Å². The van der Waals surface area contributed by atoms with E-state index in [-0.39, 0.29) is 31.0 Å². The van der Waals surface area contributed by atoms with E-state index in [0.29, 0.717) is 22.6 Å². The minimum Gasteiger partial charge on any atom is -0.466 e. The van der Waals surface area contributed by atoms with E-state index in [0.717, 1.165) is 0 Å².